The van der Waals surface area contributed by atoms with Crippen LogP contribution in [0, 0.1) is 5.92 Å². The molecule has 0 heterocycles. The van der Waals surface area contributed by atoms with Crippen LogP contribution in [0.1, 0.15) is 39.5 Å². The molecule has 1 rings (SSSR count). The van der Waals surface area contributed by atoms with Gasteiger partial charge in [0.1, 0.15) is 0 Å². The molecule has 2 heteroatoms. The second-order valence-electron chi connectivity index (χ2n) is 3.32. The zero-order chi connectivity index (χ0) is 10.1. The van der Waals surface area contributed by atoms with Crippen molar-refractivity contribution in [2.45, 2.75) is 39.5 Å². The van der Waals surface area contributed by atoms with Crippen LogP contribution in [-0.2, 0) is 9.53 Å². The number of carbonyl (C=O) groups is 1. The molecule has 0 spiro atoms. The molecule has 0 aromatic rings. The van der Waals surface area contributed by atoms with Gasteiger partial charge in [-0.05, 0) is 32.1 Å². The molecule has 1 saturated carbocycles. The monoisotopic (exact) mass is 184 g/mol. The molecule has 1 aliphatic rings. The molecule has 13 heavy (non-hydrogen) atoms. The van der Waals surface area contributed by atoms with Crippen LogP contribution in [0.25, 0.3) is 0 Å². The molecule has 2 nitrogen and oxygen atoms in total. The molecular formula is C11H20O2. The van der Waals surface area contributed by atoms with Crippen molar-refractivity contribution < 1.29 is 9.53 Å². The lowest BCUT2D eigenvalue weighted by Crippen LogP contribution is -1.86. The fourth-order valence-electron chi connectivity index (χ4n) is 1.44. The van der Waals surface area contributed by atoms with Crippen LogP contribution in [0.4, 0.5) is 0 Å². The lowest BCUT2D eigenvalue weighted by molar-refractivity contribution is -0.128. The summed E-state index contributed by atoms with van der Waals surface area (Å²) >= 11 is 0. The van der Waals surface area contributed by atoms with Crippen molar-refractivity contribution in [1.29, 1.82) is 0 Å². The summed E-state index contributed by atoms with van der Waals surface area (Å²) in [6, 6.07) is 0. The van der Waals surface area contributed by atoms with E-state index in [1.165, 1.54) is 31.3 Å². The lowest BCUT2D eigenvalue weighted by Gasteiger charge is -1.99. The first-order chi connectivity index (χ1) is 6.24. The molecule has 1 unspecified atom stereocenters. The second-order valence-corrected chi connectivity index (χ2v) is 3.32. The summed E-state index contributed by atoms with van der Waals surface area (Å²) in [4.78, 5) is 9.18. The number of carbonyl (C=O) groups excluding carboxylic acids is 1. The van der Waals surface area contributed by atoms with E-state index >= 15 is 0 Å². The molecule has 0 aromatic heterocycles. The molecule has 0 radical (unpaired) electrons. The van der Waals surface area contributed by atoms with E-state index in [4.69, 9.17) is 0 Å². The maximum Gasteiger partial charge on any atom is 0.293 e. The fraction of sp³-hybridized carbons (Fsp3) is 0.727. The first-order valence-electron chi connectivity index (χ1n) is 4.96. The SMILES string of the molecule is C=C1CCC(CC)C1.CCOC=O. The average Bonchev–Trinajstić information content (AvgIpc) is 2.54. The highest BCUT2D eigenvalue weighted by Crippen LogP contribution is 2.30. The largest absolute Gasteiger partial charge is 0.468 e. The maximum absolute atomic E-state index is 9.18. The van der Waals surface area contributed by atoms with Crippen LogP contribution in [0.5, 0.6) is 0 Å². The van der Waals surface area contributed by atoms with Gasteiger partial charge in [-0.25, -0.2) is 0 Å². The molecule has 76 valence electrons. The Kier molecular flexibility index (Phi) is 7.36. The second kappa shape index (κ2) is 7.84. The summed E-state index contributed by atoms with van der Waals surface area (Å²) in [5.41, 5.74) is 1.47. The molecule has 1 fully saturated rings. The molecule has 0 aromatic carbocycles. The van der Waals surface area contributed by atoms with Crippen molar-refractivity contribution in [3.8, 4) is 0 Å². The van der Waals surface area contributed by atoms with Crippen molar-refractivity contribution in [3.05, 3.63) is 12.2 Å². The van der Waals surface area contributed by atoms with Crippen LogP contribution in [-0.4, -0.2) is 13.1 Å². The summed E-state index contributed by atoms with van der Waals surface area (Å²) in [5, 5.41) is 0. The Bertz CT molecular complexity index is 152. The third kappa shape index (κ3) is 6.38. The zero-order valence-corrected chi connectivity index (χ0v) is 8.71. The quantitative estimate of drug-likeness (QED) is 0.498. The summed E-state index contributed by atoms with van der Waals surface area (Å²) in [6.07, 6.45) is 5.34. The third-order valence-electron chi connectivity index (χ3n) is 2.30. The topological polar surface area (TPSA) is 26.3 Å². The molecular weight excluding hydrogens is 164 g/mol. The highest BCUT2D eigenvalue weighted by atomic mass is 16.5. The Balaban J connectivity index is 0.000000252. The Hall–Kier alpha value is -0.790. The van der Waals surface area contributed by atoms with Gasteiger partial charge in [-0.3, -0.25) is 4.79 Å². The van der Waals surface area contributed by atoms with Crippen molar-refractivity contribution in [3.63, 3.8) is 0 Å². The van der Waals surface area contributed by atoms with E-state index in [-0.39, 0.29) is 0 Å². The minimum atomic E-state index is 0.431. The van der Waals surface area contributed by atoms with Gasteiger partial charge < -0.3 is 4.74 Å². The highest BCUT2D eigenvalue weighted by molar-refractivity contribution is 5.36. The normalized spacial score (nSPS) is 20.5. The predicted octanol–water partition coefficient (Wildman–Crippen LogP) is 2.93. The van der Waals surface area contributed by atoms with Crippen LogP contribution < -0.4 is 0 Å². The van der Waals surface area contributed by atoms with Gasteiger partial charge in [0.05, 0.1) is 6.61 Å². The van der Waals surface area contributed by atoms with Gasteiger partial charge in [-0.2, -0.15) is 0 Å². The molecule has 0 amide bonds. The number of hydrogen-bond acceptors (Lipinski definition) is 2. The zero-order valence-electron chi connectivity index (χ0n) is 8.71. The molecule has 1 atom stereocenters. The van der Waals surface area contributed by atoms with Crippen LogP contribution in [0.3, 0.4) is 0 Å². The van der Waals surface area contributed by atoms with Crippen LogP contribution in [0.15, 0.2) is 12.2 Å². The number of ether oxygens (including phenoxy) is 1. The molecule has 0 aliphatic heterocycles. The standard InChI is InChI=1S/C8H14.C3H6O2/c1-3-8-5-4-7(2)6-8;1-2-5-3-4/h8H,2-6H2,1H3;3H,2H2,1H3. The Morgan fingerprint density at radius 2 is 2.31 bits per heavy atom. The van der Waals surface area contributed by atoms with Gasteiger partial charge in [0.25, 0.3) is 6.47 Å². The average molecular weight is 184 g/mol. The van der Waals surface area contributed by atoms with Gasteiger partial charge in [0, 0.05) is 0 Å². The van der Waals surface area contributed by atoms with E-state index in [0.29, 0.717) is 13.1 Å². The van der Waals surface area contributed by atoms with Gasteiger partial charge in [0.15, 0.2) is 0 Å². The van der Waals surface area contributed by atoms with Gasteiger partial charge in [0.2, 0.25) is 0 Å². The first-order valence-corrected chi connectivity index (χ1v) is 4.96. The van der Waals surface area contributed by atoms with Gasteiger partial charge in [-0.1, -0.05) is 25.5 Å². The minimum Gasteiger partial charge on any atom is -0.468 e. The first kappa shape index (κ1) is 12.2. The molecule has 1 aliphatic carbocycles. The minimum absolute atomic E-state index is 0.431. The van der Waals surface area contributed by atoms with E-state index in [0.717, 1.165) is 5.92 Å². The summed E-state index contributed by atoms with van der Waals surface area (Å²) < 4.78 is 4.15. The maximum atomic E-state index is 9.18. The van der Waals surface area contributed by atoms with E-state index in [9.17, 15) is 4.79 Å². The Morgan fingerprint density at radius 3 is 2.46 bits per heavy atom. The van der Waals surface area contributed by atoms with Crippen molar-refractivity contribution in [1.82, 2.24) is 0 Å². The summed E-state index contributed by atoms with van der Waals surface area (Å²) in [6.45, 7) is 8.88. The number of hydrogen-bond donors (Lipinski definition) is 0. The third-order valence-corrected chi connectivity index (χ3v) is 2.30. The van der Waals surface area contributed by atoms with E-state index < -0.39 is 0 Å². The number of allylic oxidation sites excluding steroid dienone is 1. The Labute approximate surface area is 81.0 Å². The van der Waals surface area contributed by atoms with Crippen molar-refractivity contribution in [2.24, 2.45) is 5.92 Å². The van der Waals surface area contributed by atoms with E-state index in [1.54, 1.807) is 6.92 Å². The molecule has 0 saturated heterocycles. The molecule has 0 N–H and O–H groups in total. The molecule has 0 bridgehead atoms. The predicted molar refractivity (Wildman–Crippen MR) is 54.5 cm³/mol. The lowest BCUT2D eigenvalue weighted by atomic mass is 10.1. The summed E-state index contributed by atoms with van der Waals surface area (Å²) in [5.74, 6) is 0.975. The smallest absolute Gasteiger partial charge is 0.293 e. The van der Waals surface area contributed by atoms with Crippen LogP contribution in [0.2, 0.25) is 0 Å². The Morgan fingerprint density at radius 1 is 1.62 bits per heavy atom. The highest BCUT2D eigenvalue weighted by Gasteiger charge is 2.14. The van der Waals surface area contributed by atoms with E-state index in [1.807, 2.05) is 0 Å². The van der Waals surface area contributed by atoms with Crippen molar-refractivity contribution >= 4 is 6.47 Å². The van der Waals surface area contributed by atoms with Crippen LogP contribution >= 0.6 is 0 Å². The fourth-order valence-corrected chi connectivity index (χ4v) is 1.44. The van der Waals surface area contributed by atoms with Gasteiger partial charge >= 0.3 is 0 Å². The number of rotatable bonds is 3. The van der Waals surface area contributed by atoms with Gasteiger partial charge in [-0.15, -0.1) is 0 Å². The summed E-state index contributed by atoms with van der Waals surface area (Å²) in [7, 11) is 0. The van der Waals surface area contributed by atoms with E-state index in [2.05, 4.69) is 18.2 Å². The van der Waals surface area contributed by atoms with Crippen molar-refractivity contribution in [2.75, 3.05) is 6.61 Å².